The molecule has 14 heavy (non-hydrogen) atoms. The molecule has 2 unspecified atom stereocenters. The van der Waals surface area contributed by atoms with Crippen LogP contribution in [0.25, 0.3) is 0 Å². The maximum absolute atomic E-state index is 5.88. The van der Waals surface area contributed by atoms with Crippen LogP contribution in [-0.2, 0) is 0 Å². The first-order valence-corrected chi connectivity index (χ1v) is 6.32. The second-order valence-electron chi connectivity index (χ2n) is 4.91. The summed E-state index contributed by atoms with van der Waals surface area (Å²) in [5.41, 5.74) is 5.88. The maximum atomic E-state index is 5.88. The van der Waals surface area contributed by atoms with Gasteiger partial charge >= 0.3 is 0 Å². The van der Waals surface area contributed by atoms with Crippen molar-refractivity contribution in [3.05, 3.63) is 0 Å². The number of nitrogens with zero attached hydrogens (tertiary/aromatic N) is 1. The molecule has 0 radical (unpaired) electrons. The van der Waals surface area contributed by atoms with E-state index in [1.54, 1.807) is 0 Å². The lowest BCUT2D eigenvalue weighted by Gasteiger charge is -2.39. The highest BCUT2D eigenvalue weighted by molar-refractivity contribution is 4.92. The van der Waals surface area contributed by atoms with Gasteiger partial charge in [0.25, 0.3) is 0 Å². The van der Waals surface area contributed by atoms with E-state index in [0.717, 1.165) is 24.5 Å². The predicted octanol–water partition coefficient (Wildman–Crippen LogP) is 1.99. The molecule has 0 spiro atoms. The second-order valence-corrected chi connectivity index (χ2v) is 4.91. The molecular formula is C12H24N2. The van der Waals surface area contributed by atoms with Crippen LogP contribution in [0.2, 0.25) is 0 Å². The smallest absolute Gasteiger partial charge is 0.0138 e. The second kappa shape index (κ2) is 4.63. The summed E-state index contributed by atoms with van der Waals surface area (Å²) in [5.74, 6) is 0.782. The summed E-state index contributed by atoms with van der Waals surface area (Å²) < 4.78 is 0. The lowest BCUT2D eigenvalue weighted by molar-refractivity contribution is 0.105. The first-order valence-electron chi connectivity index (χ1n) is 6.32. The maximum Gasteiger partial charge on any atom is 0.0138 e. The highest BCUT2D eigenvalue weighted by Gasteiger charge is 2.36. The average Bonchev–Trinajstić information content (AvgIpc) is 3.04. The normalized spacial score (nSPS) is 33.6. The van der Waals surface area contributed by atoms with Gasteiger partial charge in [0.05, 0.1) is 0 Å². The first kappa shape index (κ1) is 10.4. The fraction of sp³-hybridized carbons (Fsp3) is 1.00. The van der Waals surface area contributed by atoms with E-state index in [-0.39, 0.29) is 0 Å². The van der Waals surface area contributed by atoms with Crippen molar-refractivity contribution in [3.63, 3.8) is 0 Å². The van der Waals surface area contributed by atoms with E-state index >= 15 is 0 Å². The first-order chi connectivity index (χ1) is 6.86. The van der Waals surface area contributed by atoms with E-state index in [1.807, 2.05) is 0 Å². The molecule has 0 bridgehead atoms. The van der Waals surface area contributed by atoms with Crippen LogP contribution >= 0.6 is 0 Å². The van der Waals surface area contributed by atoms with Crippen LogP contribution in [0.4, 0.5) is 0 Å². The summed E-state index contributed by atoms with van der Waals surface area (Å²) in [6.07, 6.45) is 8.45. The highest BCUT2D eigenvalue weighted by atomic mass is 15.2. The van der Waals surface area contributed by atoms with Gasteiger partial charge in [-0.05, 0) is 44.7 Å². The zero-order valence-electron chi connectivity index (χ0n) is 9.41. The van der Waals surface area contributed by atoms with Gasteiger partial charge < -0.3 is 5.73 Å². The lowest BCUT2D eigenvalue weighted by Crippen LogP contribution is -2.46. The van der Waals surface area contributed by atoms with Gasteiger partial charge in [-0.25, -0.2) is 0 Å². The Morgan fingerprint density at radius 3 is 2.43 bits per heavy atom. The van der Waals surface area contributed by atoms with E-state index < -0.39 is 0 Å². The topological polar surface area (TPSA) is 29.3 Å². The molecule has 0 aromatic carbocycles. The number of hydrogen-bond donors (Lipinski definition) is 1. The zero-order valence-corrected chi connectivity index (χ0v) is 9.41. The Bertz CT molecular complexity index is 177. The molecule has 2 N–H and O–H groups in total. The summed E-state index contributed by atoms with van der Waals surface area (Å²) in [7, 11) is 0. The van der Waals surface area contributed by atoms with Gasteiger partial charge in [0, 0.05) is 12.1 Å². The van der Waals surface area contributed by atoms with Crippen LogP contribution in [0, 0.1) is 5.92 Å². The average molecular weight is 196 g/mol. The van der Waals surface area contributed by atoms with Crippen molar-refractivity contribution in [3.8, 4) is 0 Å². The molecule has 0 aliphatic heterocycles. The third-order valence-electron chi connectivity index (χ3n) is 3.98. The van der Waals surface area contributed by atoms with Gasteiger partial charge in [-0.1, -0.05) is 19.8 Å². The summed E-state index contributed by atoms with van der Waals surface area (Å²) in [4.78, 5) is 2.73. The van der Waals surface area contributed by atoms with Crippen LogP contribution in [-0.4, -0.2) is 30.1 Å². The van der Waals surface area contributed by atoms with E-state index in [2.05, 4.69) is 11.8 Å². The van der Waals surface area contributed by atoms with E-state index in [0.29, 0.717) is 0 Å². The Balaban J connectivity index is 1.96. The molecule has 0 heterocycles. The van der Waals surface area contributed by atoms with Gasteiger partial charge in [-0.2, -0.15) is 0 Å². The quantitative estimate of drug-likeness (QED) is 0.745. The summed E-state index contributed by atoms with van der Waals surface area (Å²) in [5, 5.41) is 0. The molecule has 0 saturated heterocycles. The molecule has 2 aliphatic rings. The number of hydrogen-bond acceptors (Lipinski definition) is 2. The molecule has 2 fully saturated rings. The summed E-state index contributed by atoms with van der Waals surface area (Å²) >= 11 is 0. The molecule has 2 rings (SSSR count). The van der Waals surface area contributed by atoms with Crippen LogP contribution in [0.5, 0.6) is 0 Å². The molecule has 0 aromatic rings. The molecule has 0 aromatic heterocycles. The van der Waals surface area contributed by atoms with Crippen molar-refractivity contribution in [2.45, 2.75) is 57.5 Å². The molecule has 2 aliphatic carbocycles. The van der Waals surface area contributed by atoms with Crippen molar-refractivity contribution >= 4 is 0 Å². The minimum atomic E-state index is 0.782. The van der Waals surface area contributed by atoms with Crippen molar-refractivity contribution in [1.82, 2.24) is 4.90 Å². The van der Waals surface area contributed by atoms with E-state index in [9.17, 15) is 0 Å². The SMILES string of the molecule is CCN(C1CC1)C1CCCCC1CN. The Labute approximate surface area is 87.8 Å². The van der Waals surface area contributed by atoms with Crippen molar-refractivity contribution in [2.24, 2.45) is 11.7 Å². The van der Waals surface area contributed by atoms with Crippen molar-refractivity contribution in [1.29, 1.82) is 0 Å². The van der Waals surface area contributed by atoms with Gasteiger partial charge in [0.2, 0.25) is 0 Å². The third-order valence-corrected chi connectivity index (χ3v) is 3.98. The predicted molar refractivity (Wildman–Crippen MR) is 60.2 cm³/mol. The molecule has 2 heteroatoms. The molecule has 2 nitrogen and oxygen atoms in total. The van der Waals surface area contributed by atoms with Crippen LogP contribution < -0.4 is 5.73 Å². The summed E-state index contributed by atoms with van der Waals surface area (Å²) in [6, 6.07) is 1.73. The molecule has 2 atom stereocenters. The van der Waals surface area contributed by atoms with E-state index in [1.165, 1.54) is 45.1 Å². The minimum absolute atomic E-state index is 0.782. The Morgan fingerprint density at radius 1 is 1.14 bits per heavy atom. The fourth-order valence-corrected chi connectivity index (χ4v) is 3.07. The molecule has 2 saturated carbocycles. The standard InChI is InChI=1S/C12H24N2/c1-2-14(11-7-8-11)12-6-4-3-5-10(12)9-13/h10-12H,2-9,13H2,1H3. The van der Waals surface area contributed by atoms with Gasteiger partial charge in [0.15, 0.2) is 0 Å². The Kier molecular flexibility index (Phi) is 3.45. The number of rotatable bonds is 4. The van der Waals surface area contributed by atoms with Gasteiger partial charge in [-0.3, -0.25) is 4.90 Å². The fourth-order valence-electron chi connectivity index (χ4n) is 3.07. The van der Waals surface area contributed by atoms with Crippen LogP contribution in [0.3, 0.4) is 0 Å². The Hall–Kier alpha value is -0.0800. The largest absolute Gasteiger partial charge is 0.330 e. The molecular weight excluding hydrogens is 172 g/mol. The highest BCUT2D eigenvalue weighted by Crippen LogP contribution is 2.35. The number of nitrogens with two attached hydrogens (primary N) is 1. The zero-order chi connectivity index (χ0) is 9.97. The van der Waals surface area contributed by atoms with E-state index in [4.69, 9.17) is 5.73 Å². The Morgan fingerprint density at radius 2 is 1.86 bits per heavy atom. The van der Waals surface area contributed by atoms with Gasteiger partial charge in [0.1, 0.15) is 0 Å². The van der Waals surface area contributed by atoms with Crippen LogP contribution in [0.15, 0.2) is 0 Å². The molecule has 82 valence electrons. The van der Waals surface area contributed by atoms with Gasteiger partial charge in [-0.15, -0.1) is 0 Å². The van der Waals surface area contributed by atoms with Crippen LogP contribution in [0.1, 0.15) is 45.4 Å². The summed E-state index contributed by atoms with van der Waals surface area (Å²) in [6.45, 7) is 4.43. The third kappa shape index (κ3) is 2.12. The lowest BCUT2D eigenvalue weighted by atomic mass is 9.83. The van der Waals surface area contributed by atoms with Crippen molar-refractivity contribution in [2.75, 3.05) is 13.1 Å². The molecule has 0 amide bonds. The minimum Gasteiger partial charge on any atom is -0.330 e. The monoisotopic (exact) mass is 196 g/mol. The van der Waals surface area contributed by atoms with Crippen molar-refractivity contribution < 1.29 is 0 Å².